The SMILES string of the molecule is CC1CCCC(C)N1C(=O)CSc1nnc(-c2ccccc2Cl)n1Cc1ccccc1. The molecular formula is C24H27ClN4OS. The smallest absolute Gasteiger partial charge is 0.233 e. The fourth-order valence-corrected chi connectivity index (χ4v) is 5.29. The standard InChI is InChI=1S/C24H27ClN4OS/c1-17-9-8-10-18(2)29(17)22(30)16-31-24-27-26-23(20-13-6-7-14-21(20)25)28(24)15-19-11-4-3-5-12-19/h3-7,11-14,17-18H,8-10,15-16H2,1-2H3. The molecule has 1 amide bonds. The number of rotatable bonds is 6. The zero-order chi connectivity index (χ0) is 21.8. The molecule has 1 fully saturated rings. The van der Waals surface area contributed by atoms with Gasteiger partial charge >= 0.3 is 0 Å². The highest BCUT2D eigenvalue weighted by Crippen LogP contribution is 2.31. The molecule has 1 aliphatic rings. The van der Waals surface area contributed by atoms with Crippen molar-refractivity contribution in [2.24, 2.45) is 0 Å². The van der Waals surface area contributed by atoms with Crippen LogP contribution in [0, 0.1) is 0 Å². The minimum absolute atomic E-state index is 0.165. The van der Waals surface area contributed by atoms with Crippen molar-refractivity contribution < 1.29 is 4.79 Å². The maximum absolute atomic E-state index is 13.0. The summed E-state index contributed by atoms with van der Waals surface area (Å²) in [6.45, 7) is 4.90. The first-order valence-corrected chi connectivity index (χ1v) is 12.1. The third kappa shape index (κ3) is 4.96. The van der Waals surface area contributed by atoms with Crippen molar-refractivity contribution in [2.45, 2.75) is 56.9 Å². The number of amides is 1. The van der Waals surface area contributed by atoms with E-state index in [0.717, 1.165) is 29.1 Å². The fourth-order valence-electron chi connectivity index (χ4n) is 4.26. The van der Waals surface area contributed by atoms with Crippen LogP contribution in [0.25, 0.3) is 11.4 Å². The molecule has 162 valence electrons. The van der Waals surface area contributed by atoms with Crippen LogP contribution >= 0.6 is 23.4 Å². The Morgan fingerprint density at radius 2 is 1.71 bits per heavy atom. The molecule has 2 heterocycles. The topological polar surface area (TPSA) is 51.0 Å². The number of hydrogen-bond donors (Lipinski definition) is 0. The predicted octanol–water partition coefficient (Wildman–Crippen LogP) is 5.53. The summed E-state index contributed by atoms with van der Waals surface area (Å²) >= 11 is 7.90. The summed E-state index contributed by atoms with van der Waals surface area (Å²) in [5, 5.41) is 10.2. The molecular weight excluding hydrogens is 428 g/mol. The maximum Gasteiger partial charge on any atom is 0.233 e. The van der Waals surface area contributed by atoms with Gasteiger partial charge in [0.05, 0.1) is 17.3 Å². The molecule has 1 saturated heterocycles. The Bertz CT molecular complexity index is 1030. The largest absolute Gasteiger partial charge is 0.337 e. The molecule has 0 aliphatic carbocycles. The lowest BCUT2D eigenvalue weighted by atomic mass is 9.98. The molecule has 2 atom stereocenters. The summed E-state index contributed by atoms with van der Waals surface area (Å²) in [7, 11) is 0. The summed E-state index contributed by atoms with van der Waals surface area (Å²) in [4.78, 5) is 15.1. The molecule has 4 rings (SSSR count). The summed E-state index contributed by atoms with van der Waals surface area (Å²) in [5.41, 5.74) is 1.98. The van der Waals surface area contributed by atoms with Gasteiger partial charge in [-0.1, -0.05) is 65.8 Å². The van der Waals surface area contributed by atoms with Crippen LogP contribution in [-0.2, 0) is 11.3 Å². The second-order valence-corrected chi connectivity index (χ2v) is 9.43. The van der Waals surface area contributed by atoms with Gasteiger partial charge in [0.25, 0.3) is 0 Å². The number of carbonyl (C=O) groups excluding carboxylic acids is 1. The third-order valence-electron chi connectivity index (χ3n) is 5.82. The van der Waals surface area contributed by atoms with E-state index in [0.29, 0.717) is 23.1 Å². The molecule has 7 heteroatoms. The van der Waals surface area contributed by atoms with E-state index in [1.165, 1.54) is 18.2 Å². The van der Waals surface area contributed by atoms with Crippen molar-refractivity contribution in [1.29, 1.82) is 0 Å². The number of benzene rings is 2. The molecule has 0 radical (unpaired) electrons. The van der Waals surface area contributed by atoms with Crippen LogP contribution in [0.1, 0.15) is 38.7 Å². The maximum atomic E-state index is 13.0. The minimum Gasteiger partial charge on any atom is -0.337 e. The Hall–Kier alpha value is -2.31. The lowest BCUT2D eigenvalue weighted by Gasteiger charge is -2.39. The van der Waals surface area contributed by atoms with Crippen LogP contribution in [-0.4, -0.2) is 43.4 Å². The van der Waals surface area contributed by atoms with E-state index in [9.17, 15) is 4.79 Å². The van der Waals surface area contributed by atoms with Crippen LogP contribution in [0.15, 0.2) is 59.8 Å². The molecule has 0 saturated carbocycles. The van der Waals surface area contributed by atoms with E-state index in [1.807, 2.05) is 47.4 Å². The highest BCUT2D eigenvalue weighted by Gasteiger charge is 2.29. The summed E-state index contributed by atoms with van der Waals surface area (Å²) < 4.78 is 2.05. The summed E-state index contributed by atoms with van der Waals surface area (Å²) in [6, 6.07) is 18.4. The molecule has 2 aromatic carbocycles. The first-order valence-electron chi connectivity index (χ1n) is 10.7. The molecule has 2 unspecified atom stereocenters. The molecule has 3 aromatic rings. The van der Waals surface area contributed by atoms with Crippen molar-refractivity contribution >= 4 is 29.3 Å². The number of likely N-dealkylation sites (tertiary alicyclic amines) is 1. The average Bonchev–Trinajstić information content (AvgIpc) is 3.15. The lowest BCUT2D eigenvalue weighted by Crippen LogP contribution is -2.48. The van der Waals surface area contributed by atoms with Crippen LogP contribution in [0.4, 0.5) is 0 Å². The van der Waals surface area contributed by atoms with Gasteiger partial charge in [0.1, 0.15) is 0 Å². The number of halogens is 1. The molecule has 0 spiro atoms. The number of carbonyl (C=O) groups is 1. The average molecular weight is 455 g/mol. The van der Waals surface area contributed by atoms with Gasteiger partial charge in [-0.15, -0.1) is 10.2 Å². The summed E-state index contributed by atoms with van der Waals surface area (Å²) in [5.74, 6) is 1.23. The second kappa shape index (κ2) is 9.88. The third-order valence-corrected chi connectivity index (χ3v) is 7.10. The van der Waals surface area contributed by atoms with Gasteiger partial charge in [0.2, 0.25) is 5.91 Å². The quantitative estimate of drug-likeness (QED) is 0.459. The Morgan fingerprint density at radius 3 is 2.42 bits per heavy atom. The predicted molar refractivity (Wildman–Crippen MR) is 126 cm³/mol. The van der Waals surface area contributed by atoms with Crippen molar-refractivity contribution in [3.8, 4) is 11.4 Å². The molecule has 31 heavy (non-hydrogen) atoms. The highest BCUT2D eigenvalue weighted by molar-refractivity contribution is 7.99. The van der Waals surface area contributed by atoms with E-state index >= 15 is 0 Å². The van der Waals surface area contributed by atoms with Crippen LogP contribution in [0.3, 0.4) is 0 Å². The zero-order valence-corrected chi connectivity index (χ0v) is 19.4. The number of thioether (sulfide) groups is 1. The Balaban J connectivity index is 1.60. The van der Waals surface area contributed by atoms with Crippen molar-refractivity contribution in [2.75, 3.05) is 5.75 Å². The zero-order valence-electron chi connectivity index (χ0n) is 17.9. The first kappa shape index (κ1) is 21.9. The summed E-state index contributed by atoms with van der Waals surface area (Å²) in [6.07, 6.45) is 3.33. The van der Waals surface area contributed by atoms with Gasteiger partial charge < -0.3 is 4.90 Å². The van der Waals surface area contributed by atoms with Crippen molar-refractivity contribution in [3.63, 3.8) is 0 Å². The Kier molecular flexibility index (Phi) is 6.98. The normalized spacial score (nSPS) is 18.9. The van der Waals surface area contributed by atoms with Gasteiger partial charge in [-0.25, -0.2) is 0 Å². The van der Waals surface area contributed by atoms with E-state index in [1.54, 1.807) is 0 Å². The monoisotopic (exact) mass is 454 g/mol. The Labute approximate surface area is 192 Å². The van der Waals surface area contributed by atoms with Crippen LogP contribution in [0.5, 0.6) is 0 Å². The van der Waals surface area contributed by atoms with Gasteiger partial charge in [-0.05, 0) is 50.8 Å². The van der Waals surface area contributed by atoms with Crippen LogP contribution in [0.2, 0.25) is 5.02 Å². The Morgan fingerprint density at radius 1 is 1.03 bits per heavy atom. The molecule has 0 bridgehead atoms. The molecule has 1 aromatic heterocycles. The van der Waals surface area contributed by atoms with Crippen molar-refractivity contribution in [1.82, 2.24) is 19.7 Å². The van der Waals surface area contributed by atoms with Gasteiger partial charge in [0, 0.05) is 17.6 Å². The fraction of sp³-hybridized carbons (Fsp3) is 0.375. The number of nitrogens with zero attached hydrogens (tertiary/aromatic N) is 4. The van der Waals surface area contributed by atoms with Gasteiger partial charge in [-0.2, -0.15) is 0 Å². The molecule has 5 nitrogen and oxygen atoms in total. The van der Waals surface area contributed by atoms with E-state index in [-0.39, 0.29) is 18.0 Å². The van der Waals surface area contributed by atoms with E-state index < -0.39 is 0 Å². The highest BCUT2D eigenvalue weighted by atomic mass is 35.5. The van der Waals surface area contributed by atoms with E-state index in [2.05, 4.69) is 40.7 Å². The van der Waals surface area contributed by atoms with E-state index in [4.69, 9.17) is 11.6 Å². The van der Waals surface area contributed by atoms with Crippen LogP contribution < -0.4 is 0 Å². The van der Waals surface area contributed by atoms with Crippen molar-refractivity contribution in [3.05, 3.63) is 65.2 Å². The molecule has 1 aliphatic heterocycles. The lowest BCUT2D eigenvalue weighted by molar-refractivity contribution is -0.134. The number of aromatic nitrogens is 3. The number of hydrogen-bond acceptors (Lipinski definition) is 4. The van der Waals surface area contributed by atoms with Gasteiger partial charge in [-0.3, -0.25) is 9.36 Å². The number of piperidine rings is 1. The van der Waals surface area contributed by atoms with Gasteiger partial charge in [0.15, 0.2) is 11.0 Å². The first-order chi connectivity index (χ1) is 15.0. The minimum atomic E-state index is 0.165. The molecule has 0 N–H and O–H groups in total. The second-order valence-electron chi connectivity index (χ2n) is 8.08.